The second kappa shape index (κ2) is 9.16. The second-order valence-corrected chi connectivity index (χ2v) is 9.91. The maximum atomic E-state index is 14.2. The first-order valence-electron chi connectivity index (χ1n) is 11.5. The minimum atomic E-state index is -3.30. The molecule has 3 atom stereocenters. The molecule has 0 aromatic heterocycles. The summed E-state index contributed by atoms with van der Waals surface area (Å²) in [7, 11) is -3.30. The van der Waals surface area contributed by atoms with Crippen molar-refractivity contribution < 1.29 is 32.2 Å². The average Bonchev–Trinajstić information content (AvgIpc) is 3.47. The zero-order chi connectivity index (χ0) is 24.0. The maximum Gasteiger partial charge on any atom is 0.341 e. The van der Waals surface area contributed by atoms with Crippen LogP contribution in [0.25, 0.3) is 0 Å². The van der Waals surface area contributed by atoms with E-state index in [0.717, 1.165) is 48.4 Å². The molecule has 2 aromatic carbocycles. The van der Waals surface area contributed by atoms with Crippen LogP contribution in [-0.2, 0) is 22.2 Å². The van der Waals surface area contributed by atoms with Crippen molar-refractivity contribution in [2.24, 2.45) is 5.92 Å². The van der Waals surface area contributed by atoms with Gasteiger partial charge in [0.15, 0.2) is 0 Å². The van der Waals surface area contributed by atoms with Crippen LogP contribution >= 0.6 is 0 Å². The maximum absolute atomic E-state index is 14.2. The van der Waals surface area contributed by atoms with Crippen LogP contribution in [0.1, 0.15) is 47.2 Å². The molecular formula is C24H27FN2O6S. The van der Waals surface area contributed by atoms with Crippen LogP contribution in [0.15, 0.2) is 30.3 Å². The molecule has 0 unspecified atom stereocenters. The quantitative estimate of drug-likeness (QED) is 0.548. The molecule has 1 saturated heterocycles. The third kappa shape index (κ3) is 4.25. The Morgan fingerprint density at radius 2 is 2.09 bits per heavy atom. The summed E-state index contributed by atoms with van der Waals surface area (Å²) in [5.41, 5.74) is 1.04. The number of nitrogens with zero attached hydrogens (tertiary/aromatic N) is 2. The molecule has 2 aliphatic heterocycles. The molecule has 0 radical (unpaired) electrons. The smallest absolute Gasteiger partial charge is 0.341 e. The molecule has 10 heteroatoms. The third-order valence-electron chi connectivity index (χ3n) is 6.96. The topological polar surface area (TPSA) is 96.4 Å². The number of carbonyl (C=O) groups is 1. The Labute approximate surface area is 199 Å². The fraction of sp³-hybridized carbons (Fsp3) is 0.458. The van der Waals surface area contributed by atoms with E-state index in [0.29, 0.717) is 18.1 Å². The third-order valence-corrected chi connectivity index (χ3v) is 7.71. The highest BCUT2D eigenvalue weighted by molar-refractivity contribution is 7.74. The molecule has 0 amide bonds. The highest BCUT2D eigenvalue weighted by Gasteiger charge is 2.45. The van der Waals surface area contributed by atoms with E-state index in [1.165, 1.54) is 18.2 Å². The number of benzene rings is 2. The Morgan fingerprint density at radius 3 is 2.79 bits per heavy atom. The molecule has 1 saturated carbocycles. The van der Waals surface area contributed by atoms with Crippen LogP contribution in [0, 0.1) is 11.7 Å². The summed E-state index contributed by atoms with van der Waals surface area (Å²) >= 11 is 0. The van der Waals surface area contributed by atoms with Crippen molar-refractivity contribution in [2.45, 2.75) is 38.4 Å². The molecule has 34 heavy (non-hydrogen) atoms. The van der Waals surface area contributed by atoms with Gasteiger partial charge in [-0.3, -0.25) is 0 Å². The van der Waals surface area contributed by atoms with Crippen LogP contribution in [0.4, 0.5) is 15.8 Å². The van der Waals surface area contributed by atoms with E-state index >= 15 is 0 Å². The molecule has 8 nitrogen and oxygen atoms in total. The average molecular weight is 491 g/mol. The Morgan fingerprint density at radius 1 is 1.29 bits per heavy atom. The summed E-state index contributed by atoms with van der Waals surface area (Å²) in [4.78, 5) is 14.5. The summed E-state index contributed by atoms with van der Waals surface area (Å²) < 4.78 is 51.8. The summed E-state index contributed by atoms with van der Waals surface area (Å²) in [5, 5.41) is 10.0. The van der Waals surface area contributed by atoms with Crippen LogP contribution in [0.2, 0.25) is 0 Å². The number of carboxylic acid groups (broad SMARTS) is 1. The standard InChI is InChI=1S/C24H27FN2O6S/c1-2-26-8-7-17(11-26)32-13-15-9-16(25)3-5-20(15)27(34(30)31)21-6-4-18-19-10-14(19)12-33-23(18)22(21)24(28)29/h3-6,9,14,17,19,34H,2,7-8,10-13H2,1H3,(H,28,29)/t14-,17-,19-/m0/s1. The number of aromatic carboxylic acids is 1. The van der Waals surface area contributed by atoms with Crippen LogP contribution in [0.3, 0.4) is 0 Å². The van der Waals surface area contributed by atoms with E-state index in [1.54, 1.807) is 6.07 Å². The number of halogens is 1. The highest BCUT2D eigenvalue weighted by Crippen LogP contribution is 2.56. The molecule has 0 spiro atoms. The molecule has 5 rings (SSSR count). The van der Waals surface area contributed by atoms with Gasteiger partial charge >= 0.3 is 5.97 Å². The van der Waals surface area contributed by atoms with Gasteiger partial charge in [-0.05, 0) is 55.1 Å². The zero-order valence-electron chi connectivity index (χ0n) is 18.8. The van der Waals surface area contributed by atoms with Gasteiger partial charge in [-0.2, -0.15) is 0 Å². The largest absolute Gasteiger partial charge is 0.492 e. The highest BCUT2D eigenvalue weighted by atomic mass is 32.2. The van der Waals surface area contributed by atoms with Crippen molar-refractivity contribution in [2.75, 3.05) is 30.5 Å². The van der Waals surface area contributed by atoms with Crippen LogP contribution < -0.4 is 9.04 Å². The van der Waals surface area contributed by atoms with Gasteiger partial charge in [0.2, 0.25) is 10.9 Å². The Kier molecular flexibility index (Phi) is 6.22. The van der Waals surface area contributed by atoms with Crippen LogP contribution in [0.5, 0.6) is 5.75 Å². The number of ether oxygens (including phenoxy) is 2. The van der Waals surface area contributed by atoms with Gasteiger partial charge in [-0.1, -0.05) is 13.0 Å². The van der Waals surface area contributed by atoms with Gasteiger partial charge in [0, 0.05) is 24.6 Å². The number of carboxylic acids is 1. The van der Waals surface area contributed by atoms with Gasteiger partial charge in [0.1, 0.15) is 17.1 Å². The van der Waals surface area contributed by atoms with E-state index in [-0.39, 0.29) is 41.3 Å². The van der Waals surface area contributed by atoms with E-state index in [1.807, 2.05) is 0 Å². The number of anilines is 2. The summed E-state index contributed by atoms with van der Waals surface area (Å²) in [6.07, 6.45) is 1.73. The predicted molar refractivity (Wildman–Crippen MR) is 124 cm³/mol. The molecule has 1 aliphatic carbocycles. The normalized spacial score (nSPS) is 23.3. The minimum Gasteiger partial charge on any atom is -0.492 e. The number of fused-ring (bicyclic) bond motifs is 3. The van der Waals surface area contributed by atoms with E-state index < -0.39 is 22.7 Å². The molecule has 2 fully saturated rings. The number of rotatable bonds is 8. The molecule has 2 aromatic rings. The number of thiol groups is 1. The Bertz CT molecular complexity index is 1190. The molecule has 1 N–H and O–H groups in total. The van der Waals surface area contributed by atoms with Gasteiger partial charge in [-0.25, -0.2) is 21.9 Å². The number of hydrogen-bond donors (Lipinski definition) is 2. The van der Waals surface area contributed by atoms with E-state index in [2.05, 4.69) is 11.8 Å². The van der Waals surface area contributed by atoms with Gasteiger partial charge in [0.25, 0.3) is 0 Å². The van der Waals surface area contributed by atoms with Crippen molar-refractivity contribution in [3.05, 3.63) is 52.8 Å². The van der Waals surface area contributed by atoms with Gasteiger partial charge in [-0.15, -0.1) is 0 Å². The molecule has 2 heterocycles. The lowest BCUT2D eigenvalue weighted by Crippen LogP contribution is -2.24. The Hall–Kier alpha value is -2.69. The SMILES string of the molecule is CCN1CC[C@H](OCc2cc(F)ccc2N(c2ccc3c(c2C(=O)O)OC[C@@H]2C[C@H]32)[SH](=O)=O)C1. The molecule has 182 valence electrons. The first-order valence-corrected chi connectivity index (χ1v) is 12.6. The van der Waals surface area contributed by atoms with Crippen molar-refractivity contribution in [1.82, 2.24) is 4.90 Å². The molecular weight excluding hydrogens is 463 g/mol. The lowest BCUT2D eigenvalue weighted by molar-refractivity contribution is 0.0472. The fourth-order valence-electron chi connectivity index (χ4n) is 5.03. The summed E-state index contributed by atoms with van der Waals surface area (Å²) in [6.45, 7) is 5.07. The molecule has 0 bridgehead atoms. The van der Waals surface area contributed by atoms with Crippen molar-refractivity contribution in [3.8, 4) is 5.75 Å². The number of likely N-dealkylation sites (tertiary alicyclic amines) is 1. The summed E-state index contributed by atoms with van der Waals surface area (Å²) in [6, 6.07) is 6.97. The lowest BCUT2D eigenvalue weighted by Gasteiger charge is -2.26. The van der Waals surface area contributed by atoms with Crippen molar-refractivity contribution in [1.29, 1.82) is 0 Å². The van der Waals surface area contributed by atoms with Gasteiger partial charge < -0.3 is 19.5 Å². The fourth-order valence-corrected chi connectivity index (χ4v) is 5.75. The number of likely N-dealkylation sites (N-methyl/N-ethyl adjacent to an activating group) is 1. The minimum absolute atomic E-state index is 0.00257. The zero-order valence-corrected chi connectivity index (χ0v) is 19.7. The Balaban J connectivity index is 1.53. The van der Waals surface area contributed by atoms with E-state index in [4.69, 9.17) is 9.47 Å². The monoisotopic (exact) mass is 490 g/mol. The lowest BCUT2D eigenvalue weighted by atomic mass is 9.99. The predicted octanol–water partition coefficient (Wildman–Crippen LogP) is 3.30. The van der Waals surface area contributed by atoms with Crippen LogP contribution in [-0.4, -0.2) is 56.7 Å². The van der Waals surface area contributed by atoms with E-state index in [9.17, 15) is 22.7 Å². The van der Waals surface area contributed by atoms with Crippen molar-refractivity contribution >= 4 is 28.2 Å². The first kappa shape index (κ1) is 23.1. The first-order chi connectivity index (χ1) is 16.4. The van der Waals surface area contributed by atoms with Gasteiger partial charge in [0.05, 0.1) is 30.7 Å². The number of hydrogen-bond acceptors (Lipinski definition) is 6. The molecule has 3 aliphatic rings. The second-order valence-electron chi connectivity index (χ2n) is 9.03. The summed E-state index contributed by atoms with van der Waals surface area (Å²) in [5.74, 6) is -0.965. The van der Waals surface area contributed by atoms with Crippen molar-refractivity contribution in [3.63, 3.8) is 0 Å².